The van der Waals surface area contributed by atoms with Gasteiger partial charge in [0.1, 0.15) is 5.01 Å². The molecule has 0 aliphatic heterocycles. The summed E-state index contributed by atoms with van der Waals surface area (Å²) in [7, 11) is 0. The maximum atomic E-state index is 12.3. The molecule has 0 atom stereocenters. The van der Waals surface area contributed by atoms with Crippen LogP contribution in [0, 0.1) is 0 Å². The number of hydrogen-bond acceptors (Lipinski definition) is 6. The first kappa shape index (κ1) is 13.2. The molecule has 98 valence electrons. The molecule has 0 bridgehead atoms. The summed E-state index contributed by atoms with van der Waals surface area (Å²) in [6.07, 6.45) is -1.83. The average molecular weight is 294 g/mol. The van der Waals surface area contributed by atoms with E-state index >= 15 is 0 Å². The Hall–Kier alpha value is -1.22. The Labute approximate surface area is 109 Å². The Morgan fingerprint density at radius 2 is 2.17 bits per heavy atom. The fourth-order valence-electron chi connectivity index (χ4n) is 1.15. The van der Waals surface area contributed by atoms with Gasteiger partial charge >= 0.3 is 6.18 Å². The first-order valence-corrected chi connectivity index (χ1v) is 6.66. The quantitative estimate of drug-likeness (QED) is 0.941. The predicted molar refractivity (Wildman–Crippen MR) is 63.7 cm³/mol. The molecule has 9 heteroatoms. The van der Waals surface area contributed by atoms with Crippen molar-refractivity contribution in [3.8, 4) is 0 Å². The number of nitrogens with one attached hydrogen (secondary N) is 1. The molecule has 1 N–H and O–H groups in total. The molecule has 0 saturated heterocycles. The van der Waals surface area contributed by atoms with Crippen molar-refractivity contribution in [2.75, 3.05) is 5.32 Å². The molecule has 2 aromatic heterocycles. The Kier molecular flexibility index (Phi) is 3.81. The highest BCUT2D eigenvalue weighted by Crippen LogP contribution is 2.29. The number of aryl methyl sites for hydroxylation is 1. The van der Waals surface area contributed by atoms with E-state index in [2.05, 4.69) is 19.7 Å². The van der Waals surface area contributed by atoms with Crippen LogP contribution in [0.3, 0.4) is 0 Å². The lowest BCUT2D eigenvalue weighted by Gasteiger charge is -1.99. The molecule has 18 heavy (non-hydrogen) atoms. The molecule has 0 saturated carbocycles. The summed E-state index contributed by atoms with van der Waals surface area (Å²) < 4.78 is 40.0. The molecule has 0 radical (unpaired) electrons. The van der Waals surface area contributed by atoms with Crippen molar-refractivity contribution in [1.82, 2.24) is 14.3 Å². The van der Waals surface area contributed by atoms with E-state index in [0.717, 1.165) is 16.3 Å². The second kappa shape index (κ2) is 5.19. The normalized spacial score (nSPS) is 11.8. The largest absolute Gasteiger partial charge is 0.452 e. The summed E-state index contributed by atoms with van der Waals surface area (Å²) >= 11 is 2.22. The highest BCUT2D eigenvalue weighted by molar-refractivity contribution is 7.11. The summed E-state index contributed by atoms with van der Waals surface area (Å²) in [5.74, 6) is -1.11. The van der Waals surface area contributed by atoms with Crippen molar-refractivity contribution in [2.24, 2.45) is 0 Å². The average Bonchev–Trinajstić information content (AvgIpc) is 2.94. The van der Waals surface area contributed by atoms with E-state index in [1.165, 1.54) is 11.3 Å². The maximum Gasteiger partial charge on any atom is 0.452 e. The van der Waals surface area contributed by atoms with E-state index in [-0.39, 0.29) is 5.13 Å². The van der Waals surface area contributed by atoms with Gasteiger partial charge in [-0.05, 0) is 6.42 Å². The van der Waals surface area contributed by atoms with Gasteiger partial charge in [-0.25, -0.2) is 4.98 Å². The molecule has 4 nitrogen and oxygen atoms in total. The summed E-state index contributed by atoms with van der Waals surface area (Å²) in [4.78, 5) is 8.66. The summed E-state index contributed by atoms with van der Waals surface area (Å²) in [5.41, 5.74) is 0. The Morgan fingerprint density at radius 3 is 2.72 bits per heavy atom. The van der Waals surface area contributed by atoms with Crippen molar-refractivity contribution in [3.05, 3.63) is 21.9 Å². The van der Waals surface area contributed by atoms with Crippen LogP contribution in [0.1, 0.15) is 22.6 Å². The zero-order valence-corrected chi connectivity index (χ0v) is 10.9. The van der Waals surface area contributed by atoms with Gasteiger partial charge in [0.25, 0.3) is 0 Å². The topological polar surface area (TPSA) is 50.7 Å². The van der Waals surface area contributed by atoms with Crippen LogP contribution in [0.2, 0.25) is 0 Å². The van der Waals surface area contributed by atoms with Crippen LogP contribution in [0.5, 0.6) is 0 Å². The van der Waals surface area contributed by atoms with Crippen molar-refractivity contribution < 1.29 is 13.2 Å². The number of alkyl halides is 3. The maximum absolute atomic E-state index is 12.3. The van der Waals surface area contributed by atoms with Gasteiger partial charge in [0, 0.05) is 22.6 Å². The molecule has 2 rings (SSSR count). The van der Waals surface area contributed by atoms with Gasteiger partial charge in [0.15, 0.2) is 0 Å². The molecule has 0 spiro atoms. The van der Waals surface area contributed by atoms with Gasteiger partial charge in [0.2, 0.25) is 11.0 Å². The minimum Gasteiger partial charge on any atom is -0.354 e. The second-order valence-electron chi connectivity index (χ2n) is 3.35. The van der Waals surface area contributed by atoms with Gasteiger partial charge in [-0.2, -0.15) is 22.5 Å². The van der Waals surface area contributed by atoms with E-state index in [9.17, 15) is 13.2 Å². The van der Waals surface area contributed by atoms with Gasteiger partial charge in [-0.15, -0.1) is 11.3 Å². The molecule has 2 heterocycles. The van der Waals surface area contributed by atoms with Gasteiger partial charge in [-0.3, -0.25) is 0 Å². The SMILES string of the molecule is CCc1cnc(CNc2nc(C(F)(F)F)ns2)s1. The first-order chi connectivity index (χ1) is 8.49. The Morgan fingerprint density at radius 1 is 1.39 bits per heavy atom. The summed E-state index contributed by atoms with van der Waals surface area (Å²) in [6, 6.07) is 0. The zero-order chi connectivity index (χ0) is 13.2. The third-order valence-electron chi connectivity index (χ3n) is 2.02. The van der Waals surface area contributed by atoms with Crippen LogP contribution in [0.15, 0.2) is 6.20 Å². The summed E-state index contributed by atoms with van der Waals surface area (Å²) in [6.45, 7) is 2.38. The number of rotatable bonds is 4. The van der Waals surface area contributed by atoms with E-state index in [1.807, 2.05) is 6.92 Å². The van der Waals surface area contributed by atoms with Crippen molar-refractivity contribution in [2.45, 2.75) is 26.1 Å². The molecule has 0 amide bonds. The van der Waals surface area contributed by atoms with Crippen LogP contribution in [0.4, 0.5) is 18.3 Å². The minimum absolute atomic E-state index is 0.149. The van der Waals surface area contributed by atoms with E-state index in [0.29, 0.717) is 18.1 Å². The van der Waals surface area contributed by atoms with E-state index in [4.69, 9.17) is 0 Å². The molecular formula is C9H9F3N4S2. The third-order valence-corrected chi connectivity index (χ3v) is 3.83. The predicted octanol–water partition coefficient (Wildman–Crippen LogP) is 3.19. The number of thiazole rings is 1. The fourth-order valence-corrected chi connectivity index (χ4v) is 2.54. The molecular weight excluding hydrogens is 285 g/mol. The second-order valence-corrected chi connectivity index (χ2v) is 5.30. The van der Waals surface area contributed by atoms with Crippen LogP contribution < -0.4 is 5.32 Å². The van der Waals surface area contributed by atoms with Crippen LogP contribution in [0.25, 0.3) is 0 Å². The van der Waals surface area contributed by atoms with Gasteiger partial charge in [0.05, 0.1) is 6.54 Å². The molecule has 2 aromatic rings. The third kappa shape index (κ3) is 3.16. The monoisotopic (exact) mass is 294 g/mol. The van der Waals surface area contributed by atoms with E-state index in [1.54, 1.807) is 6.20 Å². The van der Waals surface area contributed by atoms with Crippen molar-refractivity contribution in [1.29, 1.82) is 0 Å². The molecule has 0 unspecified atom stereocenters. The number of halogens is 3. The van der Waals surface area contributed by atoms with Crippen LogP contribution in [-0.4, -0.2) is 14.3 Å². The standard InChI is InChI=1S/C9H9F3N4S2/c1-2-5-3-13-6(17-5)4-14-8-15-7(16-18-8)9(10,11)12/h3H,2,4H2,1H3,(H,14,15,16). The zero-order valence-electron chi connectivity index (χ0n) is 9.28. The summed E-state index contributed by atoms with van der Waals surface area (Å²) in [5, 5.41) is 3.75. The minimum atomic E-state index is -4.49. The number of anilines is 1. The number of nitrogens with zero attached hydrogens (tertiary/aromatic N) is 3. The number of aromatic nitrogens is 3. The molecule has 0 aliphatic rings. The van der Waals surface area contributed by atoms with Crippen molar-refractivity contribution in [3.63, 3.8) is 0 Å². The van der Waals surface area contributed by atoms with Crippen molar-refractivity contribution >= 4 is 28.0 Å². The first-order valence-electron chi connectivity index (χ1n) is 5.07. The van der Waals surface area contributed by atoms with Gasteiger partial charge in [-0.1, -0.05) is 6.92 Å². The van der Waals surface area contributed by atoms with E-state index < -0.39 is 12.0 Å². The number of hydrogen-bond donors (Lipinski definition) is 1. The van der Waals surface area contributed by atoms with Crippen LogP contribution >= 0.6 is 22.9 Å². The van der Waals surface area contributed by atoms with Crippen LogP contribution in [-0.2, 0) is 19.1 Å². The molecule has 0 fully saturated rings. The lowest BCUT2D eigenvalue weighted by Crippen LogP contribution is -2.07. The van der Waals surface area contributed by atoms with Gasteiger partial charge < -0.3 is 5.32 Å². The smallest absolute Gasteiger partial charge is 0.354 e. The molecule has 0 aromatic carbocycles. The Balaban J connectivity index is 1.96. The molecule has 0 aliphatic carbocycles. The highest BCUT2D eigenvalue weighted by atomic mass is 32.1. The lowest BCUT2D eigenvalue weighted by molar-refractivity contribution is -0.144. The lowest BCUT2D eigenvalue weighted by atomic mass is 10.4. The highest BCUT2D eigenvalue weighted by Gasteiger charge is 2.36. The fraction of sp³-hybridized carbons (Fsp3) is 0.444. The Bertz CT molecular complexity index is 520.